The molecule has 0 aliphatic carbocycles. The SMILES string of the molecule is Cn1cnnc1-c1cc(C#N)ccc1-c1cccc(-c2nc3cc(C=O)cc(C(F)(F)F)c3o2)c1. The van der Waals surface area contributed by atoms with Crippen LogP contribution in [0.3, 0.4) is 0 Å². The molecule has 0 fully saturated rings. The van der Waals surface area contributed by atoms with Gasteiger partial charge in [-0.1, -0.05) is 18.2 Å². The van der Waals surface area contributed by atoms with E-state index in [1.54, 1.807) is 54.3 Å². The minimum Gasteiger partial charge on any atom is -0.435 e. The number of fused-ring (bicyclic) bond motifs is 1. The molecule has 0 saturated carbocycles. The number of aryl methyl sites for hydroxylation is 1. The van der Waals surface area contributed by atoms with Crippen LogP contribution in [0.1, 0.15) is 21.5 Å². The third kappa shape index (κ3) is 3.93. The molecule has 0 atom stereocenters. The van der Waals surface area contributed by atoms with Gasteiger partial charge >= 0.3 is 6.18 Å². The Kier molecular flexibility index (Phi) is 5.17. The van der Waals surface area contributed by atoms with Gasteiger partial charge in [-0.05, 0) is 47.5 Å². The zero-order valence-corrected chi connectivity index (χ0v) is 18.0. The van der Waals surface area contributed by atoms with Crippen LogP contribution in [0.15, 0.2) is 65.3 Å². The third-order valence-corrected chi connectivity index (χ3v) is 5.48. The van der Waals surface area contributed by atoms with E-state index in [1.165, 1.54) is 6.07 Å². The van der Waals surface area contributed by atoms with E-state index in [0.717, 1.165) is 11.6 Å². The standard InChI is InChI=1S/C25H14F3N5O2/c1-33-13-30-32-23(33)19-7-14(11-29)5-6-18(19)16-3-2-4-17(10-16)24-31-21-9-15(12-34)8-20(22(21)35-24)25(26,27)28/h2-10,12-13H,1H3. The molecule has 3 aromatic carbocycles. The van der Waals surface area contributed by atoms with Crippen LogP contribution in [0.5, 0.6) is 0 Å². The summed E-state index contributed by atoms with van der Waals surface area (Å²) in [6, 6.07) is 16.2. The molecule has 10 heteroatoms. The Morgan fingerprint density at radius 1 is 1.06 bits per heavy atom. The number of carbonyl (C=O) groups is 1. The first-order valence-corrected chi connectivity index (χ1v) is 10.2. The van der Waals surface area contributed by atoms with E-state index >= 15 is 0 Å². The van der Waals surface area contributed by atoms with Crippen molar-refractivity contribution in [1.29, 1.82) is 5.26 Å². The Morgan fingerprint density at radius 2 is 1.86 bits per heavy atom. The first-order valence-electron chi connectivity index (χ1n) is 10.2. The van der Waals surface area contributed by atoms with Gasteiger partial charge in [-0.25, -0.2) is 4.98 Å². The molecule has 0 aliphatic rings. The van der Waals surface area contributed by atoms with Gasteiger partial charge in [-0.2, -0.15) is 18.4 Å². The molecule has 2 heterocycles. The van der Waals surface area contributed by atoms with Gasteiger partial charge in [0.1, 0.15) is 23.7 Å². The normalized spacial score (nSPS) is 11.5. The highest BCUT2D eigenvalue weighted by Crippen LogP contribution is 2.39. The topological polar surface area (TPSA) is 97.6 Å². The van der Waals surface area contributed by atoms with E-state index in [4.69, 9.17) is 4.42 Å². The fourth-order valence-corrected chi connectivity index (χ4v) is 3.85. The lowest BCUT2D eigenvalue weighted by molar-refractivity contribution is -0.136. The van der Waals surface area contributed by atoms with Crippen LogP contribution in [0.2, 0.25) is 0 Å². The number of hydrogen-bond acceptors (Lipinski definition) is 6. The molecule has 0 spiro atoms. The molecule has 0 saturated heterocycles. The summed E-state index contributed by atoms with van der Waals surface area (Å²) in [7, 11) is 1.78. The third-order valence-electron chi connectivity index (χ3n) is 5.48. The Bertz CT molecular complexity index is 1640. The maximum absolute atomic E-state index is 13.6. The van der Waals surface area contributed by atoms with Crippen molar-refractivity contribution >= 4 is 17.4 Å². The van der Waals surface area contributed by atoms with E-state index in [-0.39, 0.29) is 17.0 Å². The largest absolute Gasteiger partial charge is 0.435 e. The maximum Gasteiger partial charge on any atom is 0.420 e. The van der Waals surface area contributed by atoms with Crippen molar-refractivity contribution in [1.82, 2.24) is 19.7 Å². The molecular formula is C25H14F3N5O2. The highest BCUT2D eigenvalue weighted by Gasteiger charge is 2.35. The molecule has 0 N–H and O–H groups in total. The molecule has 35 heavy (non-hydrogen) atoms. The molecule has 5 rings (SSSR count). The average molecular weight is 473 g/mol. The van der Waals surface area contributed by atoms with E-state index in [2.05, 4.69) is 21.3 Å². The summed E-state index contributed by atoms with van der Waals surface area (Å²) in [6.45, 7) is 0. The fourth-order valence-electron chi connectivity index (χ4n) is 3.85. The molecule has 0 bridgehead atoms. The Morgan fingerprint density at radius 3 is 2.54 bits per heavy atom. The molecule has 2 aromatic heterocycles. The van der Waals surface area contributed by atoms with Crippen LogP contribution in [0, 0.1) is 11.3 Å². The quantitative estimate of drug-likeness (QED) is 0.313. The van der Waals surface area contributed by atoms with E-state index in [1.807, 2.05) is 6.07 Å². The molecule has 0 aliphatic heterocycles. The highest BCUT2D eigenvalue weighted by atomic mass is 19.4. The summed E-state index contributed by atoms with van der Waals surface area (Å²) in [5, 5.41) is 17.4. The van der Waals surface area contributed by atoms with Gasteiger partial charge in [0.25, 0.3) is 0 Å². The van der Waals surface area contributed by atoms with Gasteiger partial charge in [0.2, 0.25) is 5.89 Å². The van der Waals surface area contributed by atoms with Crippen molar-refractivity contribution in [2.75, 3.05) is 0 Å². The number of aromatic nitrogens is 4. The van der Waals surface area contributed by atoms with Crippen LogP contribution >= 0.6 is 0 Å². The summed E-state index contributed by atoms with van der Waals surface area (Å²) in [5.74, 6) is 0.518. The molecular weight excluding hydrogens is 459 g/mol. The summed E-state index contributed by atoms with van der Waals surface area (Å²) in [4.78, 5) is 15.4. The number of benzene rings is 3. The Balaban J connectivity index is 1.67. The summed E-state index contributed by atoms with van der Waals surface area (Å²) >= 11 is 0. The summed E-state index contributed by atoms with van der Waals surface area (Å²) in [5.41, 5.74) is 1.25. The van der Waals surface area contributed by atoms with E-state index in [0.29, 0.717) is 34.4 Å². The molecule has 0 radical (unpaired) electrons. The number of nitriles is 1. The average Bonchev–Trinajstić information content (AvgIpc) is 3.48. The lowest BCUT2D eigenvalue weighted by Gasteiger charge is -2.11. The van der Waals surface area contributed by atoms with Gasteiger partial charge < -0.3 is 8.98 Å². The zero-order chi connectivity index (χ0) is 24.7. The van der Waals surface area contributed by atoms with Crippen LogP contribution in [0.4, 0.5) is 13.2 Å². The highest BCUT2D eigenvalue weighted by molar-refractivity contribution is 5.88. The number of aldehydes is 1. The number of oxazole rings is 1. The van der Waals surface area contributed by atoms with Crippen LogP contribution in [-0.4, -0.2) is 26.0 Å². The minimum atomic E-state index is -4.72. The van der Waals surface area contributed by atoms with Crippen molar-refractivity contribution in [3.63, 3.8) is 0 Å². The second kappa shape index (κ2) is 8.22. The van der Waals surface area contributed by atoms with Crippen LogP contribution < -0.4 is 0 Å². The van der Waals surface area contributed by atoms with Crippen molar-refractivity contribution in [3.05, 3.63) is 77.6 Å². The second-order valence-corrected chi connectivity index (χ2v) is 7.77. The van der Waals surface area contributed by atoms with Crippen molar-refractivity contribution in [3.8, 4) is 40.0 Å². The number of hydrogen-bond donors (Lipinski definition) is 0. The summed E-state index contributed by atoms with van der Waals surface area (Å²) in [6.07, 6.45) is -2.84. The summed E-state index contributed by atoms with van der Waals surface area (Å²) < 4.78 is 48.0. The van der Waals surface area contributed by atoms with Crippen molar-refractivity contribution in [2.45, 2.75) is 6.18 Å². The number of rotatable bonds is 4. The number of halogens is 3. The van der Waals surface area contributed by atoms with Crippen molar-refractivity contribution in [2.24, 2.45) is 7.05 Å². The molecule has 7 nitrogen and oxygen atoms in total. The molecule has 0 unspecified atom stereocenters. The monoisotopic (exact) mass is 473 g/mol. The Hall–Kier alpha value is -4.78. The van der Waals surface area contributed by atoms with Gasteiger partial charge in [0.15, 0.2) is 11.4 Å². The predicted molar refractivity (Wildman–Crippen MR) is 120 cm³/mol. The lowest BCUT2D eigenvalue weighted by atomic mass is 9.96. The number of nitrogens with zero attached hydrogens (tertiary/aromatic N) is 5. The lowest BCUT2D eigenvalue weighted by Crippen LogP contribution is -2.06. The zero-order valence-electron chi connectivity index (χ0n) is 18.0. The Labute approximate surface area is 196 Å². The van der Waals surface area contributed by atoms with Crippen molar-refractivity contribution < 1.29 is 22.4 Å². The first kappa shape index (κ1) is 22.0. The minimum absolute atomic E-state index is 0.0238. The van der Waals surface area contributed by atoms with E-state index < -0.39 is 17.3 Å². The second-order valence-electron chi connectivity index (χ2n) is 7.77. The predicted octanol–water partition coefficient (Wildman–Crippen LogP) is 5.66. The van der Waals surface area contributed by atoms with Gasteiger partial charge in [-0.3, -0.25) is 4.79 Å². The maximum atomic E-state index is 13.6. The molecule has 172 valence electrons. The fraction of sp³-hybridized carbons (Fsp3) is 0.0800. The molecule has 5 aromatic rings. The van der Waals surface area contributed by atoms with E-state index in [9.17, 15) is 23.2 Å². The van der Waals surface area contributed by atoms with Gasteiger partial charge in [-0.15, -0.1) is 10.2 Å². The smallest absolute Gasteiger partial charge is 0.420 e. The number of alkyl halides is 3. The molecule has 0 amide bonds. The van der Waals surface area contributed by atoms with Gasteiger partial charge in [0, 0.05) is 23.7 Å². The van der Waals surface area contributed by atoms with Crippen LogP contribution in [-0.2, 0) is 13.2 Å². The van der Waals surface area contributed by atoms with Gasteiger partial charge in [0.05, 0.1) is 11.6 Å². The first-order chi connectivity index (χ1) is 16.8. The van der Waals surface area contributed by atoms with Crippen LogP contribution in [0.25, 0.3) is 45.1 Å². The number of carbonyl (C=O) groups excluding carboxylic acids is 1.